The second-order valence-electron chi connectivity index (χ2n) is 7.31. The highest BCUT2D eigenvalue weighted by Crippen LogP contribution is 2.48. The van der Waals surface area contributed by atoms with Gasteiger partial charge in [-0.25, -0.2) is 4.79 Å². The molecule has 1 aliphatic heterocycles. The number of hydrogen-bond donors (Lipinski definition) is 2. The van der Waals surface area contributed by atoms with Crippen molar-refractivity contribution in [1.29, 1.82) is 0 Å². The smallest absolute Gasteiger partial charge is 0.407 e. The molecule has 1 heterocycles. The van der Waals surface area contributed by atoms with E-state index in [1.807, 2.05) is 24.3 Å². The van der Waals surface area contributed by atoms with Crippen LogP contribution in [0.3, 0.4) is 0 Å². The Morgan fingerprint density at radius 1 is 1.12 bits per heavy atom. The third-order valence-electron chi connectivity index (χ3n) is 5.27. The highest BCUT2D eigenvalue weighted by atomic mass is 31.2. The second-order valence-corrected chi connectivity index (χ2v) is 10.6. The number of aliphatic hydroxyl groups excluding tert-OH is 1. The molecule has 0 radical (unpaired) electrons. The predicted octanol–water partition coefficient (Wildman–Crippen LogP) is 3.26. The number of alkyl carbamates (subject to hydrolysis) is 1. The summed E-state index contributed by atoms with van der Waals surface area (Å²) < 4.78 is 17.6. The summed E-state index contributed by atoms with van der Waals surface area (Å²) in [5.41, 5.74) is 4.66. The first-order chi connectivity index (χ1) is 12.4. The maximum absolute atomic E-state index is 12.2. The summed E-state index contributed by atoms with van der Waals surface area (Å²) in [4.78, 5) is 12.2. The lowest BCUT2D eigenvalue weighted by Gasteiger charge is -2.18. The van der Waals surface area contributed by atoms with Crippen molar-refractivity contribution in [3.05, 3.63) is 59.7 Å². The minimum absolute atomic E-state index is 0.000995. The molecular formula is C20H22NO4P. The van der Waals surface area contributed by atoms with Gasteiger partial charge in [-0.1, -0.05) is 48.5 Å². The van der Waals surface area contributed by atoms with Crippen LogP contribution in [0.2, 0.25) is 0 Å². The summed E-state index contributed by atoms with van der Waals surface area (Å²) in [6.45, 7) is 1.89. The van der Waals surface area contributed by atoms with Crippen molar-refractivity contribution in [3.8, 4) is 11.1 Å². The largest absolute Gasteiger partial charge is 0.449 e. The molecule has 136 valence electrons. The Morgan fingerprint density at radius 2 is 1.69 bits per heavy atom. The average Bonchev–Trinajstić information content (AvgIpc) is 3.06. The van der Waals surface area contributed by atoms with Crippen molar-refractivity contribution in [2.75, 3.05) is 25.6 Å². The van der Waals surface area contributed by atoms with Crippen LogP contribution in [0.25, 0.3) is 11.1 Å². The zero-order valence-electron chi connectivity index (χ0n) is 14.6. The van der Waals surface area contributed by atoms with Gasteiger partial charge < -0.3 is 19.7 Å². The van der Waals surface area contributed by atoms with E-state index < -0.39 is 25.4 Å². The van der Waals surface area contributed by atoms with Gasteiger partial charge in [0.25, 0.3) is 0 Å². The molecule has 26 heavy (non-hydrogen) atoms. The zero-order chi connectivity index (χ0) is 18.3. The molecule has 4 rings (SSSR count). The molecule has 1 amide bonds. The molecule has 2 aromatic carbocycles. The lowest BCUT2D eigenvalue weighted by molar-refractivity contribution is 0.121. The lowest BCUT2D eigenvalue weighted by Crippen LogP contribution is -2.43. The molecular weight excluding hydrogens is 349 g/mol. The number of ether oxygens (including phenoxy) is 1. The van der Waals surface area contributed by atoms with Gasteiger partial charge >= 0.3 is 6.09 Å². The van der Waals surface area contributed by atoms with E-state index in [1.165, 1.54) is 11.1 Å². The van der Waals surface area contributed by atoms with Gasteiger partial charge in [0.15, 0.2) is 0 Å². The molecule has 0 aromatic heterocycles. The maximum Gasteiger partial charge on any atom is 0.407 e. The van der Waals surface area contributed by atoms with Gasteiger partial charge in [0.2, 0.25) is 0 Å². The number of amides is 1. The van der Waals surface area contributed by atoms with Crippen LogP contribution in [-0.2, 0) is 9.30 Å². The summed E-state index contributed by atoms with van der Waals surface area (Å²) in [6, 6.07) is 15.8. The van der Waals surface area contributed by atoms with E-state index in [9.17, 15) is 14.5 Å². The summed E-state index contributed by atoms with van der Waals surface area (Å²) >= 11 is 0. The van der Waals surface area contributed by atoms with E-state index in [-0.39, 0.29) is 18.7 Å². The third-order valence-corrected chi connectivity index (χ3v) is 7.58. The Kier molecular flexibility index (Phi) is 4.37. The summed E-state index contributed by atoms with van der Waals surface area (Å²) in [7, 11) is -2.36. The highest BCUT2D eigenvalue weighted by Gasteiger charge is 2.39. The monoisotopic (exact) mass is 371 g/mol. The molecule has 6 heteroatoms. The van der Waals surface area contributed by atoms with E-state index in [0.29, 0.717) is 6.16 Å². The van der Waals surface area contributed by atoms with Gasteiger partial charge in [0.1, 0.15) is 6.61 Å². The third kappa shape index (κ3) is 3.17. The first-order valence-electron chi connectivity index (χ1n) is 8.80. The fourth-order valence-corrected chi connectivity index (χ4v) is 6.43. The first-order valence-corrected chi connectivity index (χ1v) is 11.3. The van der Waals surface area contributed by atoms with E-state index in [4.69, 9.17) is 4.74 Å². The minimum Gasteiger partial charge on any atom is -0.449 e. The van der Waals surface area contributed by atoms with Crippen LogP contribution in [-0.4, -0.2) is 48.9 Å². The Morgan fingerprint density at radius 3 is 2.23 bits per heavy atom. The molecule has 2 aromatic rings. The Hall–Kier alpha value is -2.10. The van der Waals surface area contributed by atoms with Crippen LogP contribution in [0.15, 0.2) is 48.5 Å². The Bertz CT molecular complexity index is 851. The van der Waals surface area contributed by atoms with Crippen molar-refractivity contribution >= 4 is 13.2 Å². The summed E-state index contributed by atoms with van der Waals surface area (Å²) in [5, 5.41) is 12.6. The van der Waals surface area contributed by atoms with Crippen molar-refractivity contribution in [1.82, 2.24) is 5.32 Å². The number of carbonyl (C=O) groups is 1. The number of nitrogens with one attached hydrogen (secondary N) is 1. The molecule has 1 fully saturated rings. The van der Waals surface area contributed by atoms with Gasteiger partial charge in [0.05, 0.1) is 19.3 Å². The maximum atomic E-state index is 12.2. The molecule has 2 N–H and O–H groups in total. The summed E-state index contributed by atoms with van der Waals surface area (Å²) in [5.74, 6) is -0.000995. The topological polar surface area (TPSA) is 75.6 Å². The minimum atomic E-state index is -2.36. The number of carbonyl (C=O) groups excluding carboxylic acids is 1. The van der Waals surface area contributed by atoms with E-state index in [1.54, 1.807) is 6.66 Å². The number of aliphatic hydroxyl groups is 1. The van der Waals surface area contributed by atoms with Crippen LogP contribution >= 0.6 is 7.14 Å². The van der Waals surface area contributed by atoms with Gasteiger partial charge in [-0.3, -0.25) is 0 Å². The fourth-order valence-electron chi connectivity index (χ4n) is 4.07. The number of rotatable bonds is 3. The van der Waals surface area contributed by atoms with E-state index in [2.05, 4.69) is 29.6 Å². The van der Waals surface area contributed by atoms with Gasteiger partial charge in [-0.05, 0) is 28.9 Å². The van der Waals surface area contributed by atoms with Crippen molar-refractivity contribution in [2.45, 2.75) is 18.1 Å². The van der Waals surface area contributed by atoms with Gasteiger partial charge in [0, 0.05) is 18.2 Å². The molecule has 0 spiro atoms. The van der Waals surface area contributed by atoms with E-state index in [0.717, 1.165) is 11.1 Å². The molecule has 1 unspecified atom stereocenters. The highest BCUT2D eigenvalue weighted by molar-refractivity contribution is 7.63. The average molecular weight is 371 g/mol. The number of benzene rings is 2. The van der Waals surface area contributed by atoms with Crippen molar-refractivity contribution < 1.29 is 19.2 Å². The van der Waals surface area contributed by atoms with Crippen molar-refractivity contribution in [2.24, 2.45) is 0 Å². The lowest BCUT2D eigenvalue weighted by atomic mass is 9.98. The molecule has 5 nitrogen and oxygen atoms in total. The standard InChI is InChI=1S/C20H22NO4P/c1-26(24)11-18(19(22)12-26)21-20(23)25-10-17-15-8-4-2-6-13(15)14-7-3-5-9-16(14)17/h2-9,17-19,22H,10-12H2,1H3,(H,21,23)/t18-,19-,26?/m1/s1. The van der Waals surface area contributed by atoms with Crippen LogP contribution in [0.1, 0.15) is 17.0 Å². The SMILES string of the molecule is CP1(=O)C[C@@H](O)[C@H](NC(=O)OCC2c3ccccc3-c3ccccc32)C1. The molecule has 0 saturated carbocycles. The summed E-state index contributed by atoms with van der Waals surface area (Å²) in [6.07, 6.45) is -0.774. The number of fused-ring (bicyclic) bond motifs is 3. The van der Waals surface area contributed by atoms with Gasteiger partial charge in [-0.15, -0.1) is 0 Å². The van der Waals surface area contributed by atoms with Crippen LogP contribution < -0.4 is 5.32 Å². The molecule has 1 saturated heterocycles. The molecule has 3 atom stereocenters. The zero-order valence-corrected chi connectivity index (χ0v) is 15.5. The van der Waals surface area contributed by atoms with Crippen LogP contribution in [0.4, 0.5) is 4.79 Å². The van der Waals surface area contributed by atoms with Crippen LogP contribution in [0, 0.1) is 0 Å². The van der Waals surface area contributed by atoms with E-state index >= 15 is 0 Å². The first kappa shape index (κ1) is 17.3. The fraction of sp³-hybridized carbons (Fsp3) is 0.350. The van der Waals surface area contributed by atoms with Gasteiger partial charge in [-0.2, -0.15) is 0 Å². The molecule has 2 aliphatic rings. The molecule has 1 aliphatic carbocycles. The predicted molar refractivity (Wildman–Crippen MR) is 101 cm³/mol. The second kappa shape index (κ2) is 6.57. The van der Waals surface area contributed by atoms with Crippen LogP contribution in [0.5, 0.6) is 0 Å². The van der Waals surface area contributed by atoms with Crippen molar-refractivity contribution in [3.63, 3.8) is 0 Å². The quantitative estimate of drug-likeness (QED) is 0.812. The normalized spacial score (nSPS) is 27.0. The number of hydrogen-bond acceptors (Lipinski definition) is 4. The Balaban J connectivity index is 1.45. The molecule has 0 bridgehead atoms. The Labute approximate surface area is 152 Å².